The van der Waals surface area contributed by atoms with Crippen LogP contribution in [0.15, 0.2) is 0 Å². The van der Waals surface area contributed by atoms with E-state index in [1.165, 1.54) is 37.2 Å². The van der Waals surface area contributed by atoms with Crippen molar-refractivity contribution < 1.29 is 4.74 Å². The molecule has 0 radical (unpaired) electrons. The van der Waals surface area contributed by atoms with Crippen LogP contribution < -0.4 is 5.32 Å². The van der Waals surface area contributed by atoms with Gasteiger partial charge >= 0.3 is 0 Å². The van der Waals surface area contributed by atoms with Gasteiger partial charge in [0.2, 0.25) is 0 Å². The Balaban J connectivity index is 1.77. The molecule has 0 amide bonds. The Morgan fingerprint density at radius 1 is 1.42 bits per heavy atom. The molecule has 3 atom stereocenters. The molecule has 3 heteroatoms. The van der Waals surface area contributed by atoms with Gasteiger partial charge in [0.15, 0.2) is 0 Å². The summed E-state index contributed by atoms with van der Waals surface area (Å²) < 4.78 is 6.13. The summed E-state index contributed by atoms with van der Waals surface area (Å²) in [5, 5.41) is 3.62. The Labute approximate surface area is 123 Å². The topological polar surface area (TPSA) is 21.3 Å². The van der Waals surface area contributed by atoms with Crippen LogP contribution in [-0.2, 0) is 4.74 Å². The lowest BCUT2D eigenvalue weighted by Gasteiger charge is -2.40. The molecule has 1 spiro atoms. The summed E-state index contributed by atoms with van der Waals surface area (Å²) in [7, 11) is 0. The zero-order valence-electron chi connectivity index (χ0n) is 13.1. The van der Waals surface area contributed by atoms with Gasteiger partial charge in [-0.15, -0.1) is 0 Å². The Morgan fingerprint density at radius 2 is 2.21 bits per heavy atom. The number of thioether (sulfide) groups is 1. The van der Waals surface area contributed by atoms with Crippen molar-refractivity contribution in [1.82, 2.24) is 5.32 Å². The molecule has 0 aromatic rings. The molecule has 0 saturated carbocycles. The molecule has 2 aliphatic rings. The molecule has 2 nitrogen and oxygen atoms in total. The van der Waals surface area contributed by atoms with Crippen molar-refractivity contribution in [3.8, 4) is 0 Å². The minimum atomic E-state index is 0.249. The summed E-state index contributed by atoms with van der Waals surface area (Å²) in [6.45, 7) is 11.3. The summed E-state index contributed by atoms with van der Waals surface area (Å²) >= 11 is 2.08. The van der Waals surface area contributed by atoms with Crippen molar-refractivity contribution >= 4 is 11.8 Å². The van der Waals surface area contributed by atoms with Crippen molar-refractivity contribution in [2.24, 2.45) is 11.8 Å². The van der Waals surface area contributed by atoms with Crippen molar-refractivity contribution in [1.29, 1.82) is 0 Å². The monoisotopic (exact) mass is 285 g/mol. The van der Waals surface area contributed by atoms with Crippen molar-refractivity contribution in [3.63, 3.8) is 0 Å². The standard InChI is InChI=1S/C16H31NOS/c1-13(5-8-17-15(2,3)4)14-6-9-18-16(11-14)7-10-19-12-16/h13-14,17H,5-12H2,1-4H3. The maximum atomic E-state index is 6.13. The minimum absolute atomic E-state index is 0.249. The van der Waals surface area contributed by atoms with Crippen LogP contribution in [0.5, 0.6) is 0 Å². The smallest absolute Gasteiger partial charge is 0.0783 e. The number of nitrogens with one attached hydrogen (secondary N) is 1. The molecule has 19 heavy (non-hydrogen) atoms. The van der Waals surface area contributed by atoms with Crippen LogP contribution in [0, 0.1) is 11.8 Å². The third kappa shape index (κ3) is 4.64. The molecule has 2 saturated heterocycles. The highest BCUT2D eigenvalue weighted by Gasteiger charge is 2.41. The van der Waals surface area contributed by atoms with Crippen LogP contribution in [0.1, 0.15) is 53.4 Å². The second-order valence-electron chi connectivity index (χ2n) is 7.53. The molecule has 2 fully saturated rings. The van der Waals surface area contributed by atoms with E-state index >= 15 is 0 Å². The van der Waals surface area contributed by atoms with E-state index in [4.69, 9.17) is 4.74 Å². The summed E-state index contributed by atoms with van der Waals surface area (Å²) in [5.74, 6) is 4.22. The highest BCUT2D eigenvalue weighted by atomic mass is 32.2. The number of hydrogen-bond donors (Lipinski definition) is 1. The first-order chi connectivity index (χ1) is 8.90. The van der Waals surface area contributed by atoms with E-state index in [0.29, 0.717) is 0 Å². The second-order valence-corrected chi connectivity index (χ2v) is 8.63. The van der Waals surface area contributed by atoms with Gasteiger partial charge in [0.25, 0.3) is 0 Å². The first kappa shape index (κ1) is 15.7. The lowest BCUT2D eigenvalue weighted by Crippen LogP contribution is -2.42. The van der Waals surface area contributed by atoms with Gasteiger partial charge in [-0.2, -0.15) is 11.8 Å². The van der Waals surface area contributed by atoms with Crippen LogP contribution >= 0.6 is 11.8 Å². The molecule has 112 valence electrons. The fraction of sp³-hybridized carbons (Fsp3) is 1.00. The summed E-state index contributed by atoms with van der Waals surface area (Å²) in [5.41, 5.74) is 0.498. The SMILES string of the molecule is CC(CCNC(C)(C)C)C1CCOC2(CCSC2)C1. The van der Waals surface area contributed by atoms with E-state index in [1.54, 1.807) is 0 Å². The number of hydrogen-bond acceptors (Lipinski definition) is 3. The summed E-state index contributed by atoms with van der Waals surface area (Å²) in [6.07, 6.45) is 5.14. The van der Waals surface area contributed by atoms with E-state index in [-0.39, 0.29) is 11.1 Å². The quantitative estimate of drug-likeness (QED) is 0.851. The average molecular weight is 285 g/mol. The summed E-state index contributed by atoms with van der Waals surface area (Å²) in [4.78, 5) is 0. The van der Waals surface area contributed by atoms with Gasteiger partial charge in [-0.3, -0.25) is 0 Å². The van der Waals surface area contributed by atoms with Crippen molar-refractivity contribution in [2.75, 3.05) is 24.7 Å². The van der Waals surface area contributed by atoms with Gasteiger partial charge in [0, 0.05) is 17.9 Å². The van der Waals surface area contributed by atoms with Crippen LogP contribution in [0.4, 0.5) is 0 Å². The van der Waals surface area contributed by atoms with E-state index in [2.05, 4.69) is 44.8 Å². The third-order valence-corrected chi connectivity index (χ3v) is 5.88. The van der Waals surface area contributed by atoms with Gasteiger partial charge in [-0.1, -0.05) is 6.92 Å². The molecule has 3 unspecified atom stereocenters. The summed E-state index contributed by atoms with van der Waals surface area (Å²) in [6, 6.07) is 0. The Hall–Kier alpha value is 0.270. The number of ether oxygens (including phenoxy) is 1. The van der Waals surface area contributed by atoms with Crippen LogP contribution in [0.2, 0.25) is 0 Å². The maximum absolute atomic E-state index is 6.13. The highest BCUT2D eigenvalue weighted by Crippen LogP contribution is 2.42. The Bertz CT molecular complexity index is 281. The molecule has 0 aromatic heterocycles. The molecular weight excluding hydrogens is 254 g/mol. The number of rotatable bonds is 4. The fourth-order valence-corrected chi connectivity index (χ4v) is 4.70. The zero-order chi connectivity index (χ0) is 13.9. The largest absolute Gasteiger partial charge is 0.374 e. The predicted octanol–water partition coefficient (Wildman–Crippen LogP) is 3.70. The van der Waals surface area contributed by atoms with Gasteiger partial charge in [0.05, 0.1) is 5.60 Å². The Morgan fingerprint density at radius 3 is 2.84 bits per heavy atom. The fourth-order valence-electron chi connectivity index (χ4n) is 3.33. The van der Waals surface area contributed by atoms with Gasteiger partial charge in [-0.05, 0) is 70.6 Å². The molecule has 2 aliphatic heterocycles. The highest BCUT2D eigenvalue weighted by molar-refractivity contribution is 7.99. The van der Waals surface area contributed by atoms with Crippen molar-refractivity contribution in [2.45, 2.75) is 64.5 Å². The van der Waals surface area contributed by atoms with Gasteiger partial charge in [0.1, 0.15) is 0 Å². The van der Waals surface area contributed by atoms with Crippen LogP contribution in [0.25, 0.3) is 0 Å². The molecule has 0 aliphatic carbocycles. The van der Waals surface area contributed by atoms with Crippen molar-refractivity contribution in [3.05, 3.63) is 0 Å². The molecule has 2 rings (SSSR count). The molecule has 1 N–H and O–H groups in total. The lowest BCUT2D eigenvalue weighted by molar-refractivity contribution is -0.0883. The molecule has 0 aromatic carbocycles. The molecule has 0 bridgehead atoms. The van der Waals surface area contributed by atoms with E-state index in [1.807, 2.05) is 0 Å². The minimum Gasteiger partial charge on any atom is -0.374 e. The van der Waals surface area contributed by atoms with Crippen LogP contribution in [0.3, 0.4) is 0 Å². The van der Waals surface area contributed by atoms with Crippen LogP contribution in [-0.4, -0.2) is 35.8 Å². The zero-order valence-corrected chi connectivity index (χ0v) is 13.9. The maximum Gasteiger partial charge on any atom is 0.0783 e. The Kier molecular flexibility index (Phi) is 5.24. The molecular formula is C16H31NOS. The van der Waals surface area contributed by atoms with E-state index < -0.39 is 0 Å². The lowest BCUT2D eigenvalue weighted by atomic mass is 9.77. The molecule has 2 heterocycles. The van der Waals surface area contributed by atoms with E-state index in [0.717, 1.165) is 25.0 Å². The second kappa shape index (κ2) is 6.36. The predicted molar refractivity (Wildman–Crippen MR) is 84.9 cm³/mol. The normalized spacial score (nSPS) is 33.8. The average Bonchev–Trinajstić information content (AvgIpc) is 2.75. The first-order valence-electron chi connectivity index (χ1n) is 7.87. The van der Waals surface area contributed by atoms with Gasteiger partial charge < -0.3 is 10.1 Å². The van der Waals surface area contributed by atoms with E-state index in [9.17, 15) is 0 Å². The van der Waals surface area contributed by atoms with Gasteiger partial charge in [-0.25, -0.2) is 0 Å². The third-order valence-electron chi connectivity index (χ3n) is 4.66. The first-order valence-corrected chi connectivity index (χ1v) is 9.02.